The quantitative estimate of drug-likeness (QED) is 0.808. The van der Waals surface area contributed by atoms with Crippen molar-refractivity contribution in [3.63, 3.8) is 0 Å². The summed E-state index contributed by atoms with van der Waals surface area (Å²) in [5.74, 6) is -1.03. The van der Waals surface area contributed by atoms with Crippen LogP contribution in [-0.2, 0) is 0 Å². The zero-order valence-electron chi connectivity index (χ0n) is 12.3. The van der Waals surface area contributed by atoms with Crippen LogP contribution in [0.5, 0.6) is 5.75 Å². The maximum absolute atomic E-state index is 13.8. The second-order valence-electron chi connectivity index (χ2n) is 5.46. The van der Waals surface area contributed by atoms with E-state index in [4.69, 9.17) is 39.3 Å². The molecule has 2 rings (SSSR count). The summed E-state index contributed by atoms with van der Waals surface area (Å²) < 4.78 is 33.1. The van der Waals surface area contributed by atoms with E-state index < -0.39 is 24.0 Å². The summed E-state index contributed by atoms with van der Waals surface area (Å²) in [6.07, 6.45) is 0. The molecule has 122 valence electrons. The van der Waals surface area contributed by atoms with Gasteiger partial charge in [0.2, 0.25) is 0 Å². The molecule has 23 heavy (non-hydrogen) atoms. The molecule has 0 bridgehead atoms. The topological polar surface area (TPSA) is 61.3 Å². The van der Waals surface area contributed by atoms with Crippen molar-refractivity contribution in [2.75, 3.05) is 6.54 Å². The smallest absolute Gasteiger partial charge is 0.413 e. The van der Waals surface area contributed by atoms with Crippen molar-refractivity contribution < 1.29 is 13.4 Å². The molecule has 0 radical (unpaired) electrons. The second-order valence-corrected chi connectivity index (χ2v) is 6.27. The summed E-state index contributed by atoms with van der Waals surface area (Å²) in [5.41, 5.74) is 11.3. The molecule has 0 amide bonds. The Morgan fingerprint density at radius 1 is 1.09 bits per heavy atom. The molecule has 4 N–H and O–H groups in total. The third-order valence-electron chi connectivity index (χ3n) is 3.43. The first kappa shape index (κ1) is 18.0. The van der Waals surface area contributed by atoms with Crippen LogP contribution in [0.4, 0.5) is 8.78 Å². The molecule has 0 fully saturated rings. The first-order chi connectivity index (χ1) is 10.7. The Morgan fingerprint density at radius 3 is 2.17 bits per heavy atom. The minimum Gasteiger partial charge on any atom is -0.554 e. The molecule has 0 saturated heterocycles. The van der Waals surface area contributed by atoms with Crippen LogP contribution in [0.1, 0.15) is 6.92 Å². The fraction of sp³-hybridized carbons (Fsp3) is 0.200. The summed E-state index contributed by atoms with van der Waals surface area (Å²) in [7, 11) is 0. The first-order valence-electron chi connectivity index (χ1n) is 6.80. The van der Waals surface area contributed by atoms with Crippen LogP contribution in [0.3, 0.4) is 0 Å². The Labute approximate surface area is 143 Å². The third kappa shape index (κ3) is 4.15. The van der Waals surface area contributed by atoms with Gasteiger partial charge in [0.15, 0.2) is 0 Å². The van der Waals surface area contributed by atoms with E-state index in [9.17, 15) is 8.78 Å². The molecule has 8 heteroatoms. The normalized spacial score (nSPS) is 13.5. The molecule has 0 spiro atoms. The highest BCUT2D eigenvalue weighted by Crippen LogP contribution is 2.22. The summed E-state index contributed by atoms with van der Waals surface area (Å²) in [4.78, 5) is 0. The maximum Gasteiger partial charge on any atom is 0.413 e. The van der Waals surface area contributed by atoms with Gasteiger partial charge >= 0.3 is 6.92 Å². The van der Waals surface area contributed by atoms with Gasteiger partial charge in [0.25, 0.3) is 0 Å². The van der Waals surface area contributed by atoms with Crippen molar-refractivity contribution >= 4 is 35.6 Å². The number of benzene rings is 2. The van der Waals surface area contributed by atoms with Gasteiger partial charge in [0.05, 0.1) is 10.0 Å². The maximum atomic E-state index is 13.8. The fourth-order valence-electron chi connectivity index (χ4n) is 2.05. The van der Waals surface area contributed by atoms with Gasteiger partial charge < -0.3 is 16.1 Å². The number of hydrogen-bond acceptors (Lipinski definition) is 3. The molecular weight excluding hydrogens is 344 g/mol. The van der Waals surface area contributed by atoms with Crippen LogP contribution in [0.25, 0.3) is 0 Å². The lowest BCUT2D eigenvalue weighted by molar-refractivity contribution is 0.502. The third-order valence-corrected chi connectivity index (χ3v) is 4.04. The first-order valence-corrected chi connectivity index (χ1v) is 7.56. The number of hydrogen-bond donors (Lipinski definition) is 2. The van der Waals surface area contributed by atoms with Crippen molar-refractivity contribution in [3.8, 4) is 5.75 Å². The lowest BCUT2D eigenvalue weighted by Crippen LogP contribution is -2.65. The van der Waals surface area contributed by atoms with Crippen LogP contribution >= 0.6 is 23.2 Å². The minimum atomic E-state index is -1.02. The van der Waals surface area contributed by atoms with Gasteiger partial charge in [-0.25, -0.2) is 8.78 Å². The zero-order chi connectivity index (χ0) is 17.2. The van der Waals surface area contributed by atoms with E-state index >= 15 is 0 Å². The van der Waals surface area contributed by atoms with Crippen molar-refractivity contribution in [1.29, 1.82) is 0 Å². The average molecular weight is 359 g/mol. The van der Waals surface area contributed by atoms with Crippen LogP contribution in [-0.4, -0.2) is 18.9 Å². The molecule has 0 aliphatic heterocycles. The summed E-state index contributed by atoms with van der Waals surface area (Å²) in [5, 5.41) is -0.0442. The molecule has 0 aliphatic rings. The number of halogens is 4. The monoisotopic (exact) mass is 358 g/mol. The second kappa shape index (κ2) is 7.05. The molecule has 1 atom stereocenters. The van der Waals surface area contributed by atoms with Crippen LogP contribution in [0.2, 0.25) is 10.0 Å². The molecule has 2 aromatic rings. The van der Waals surface area contributed by atoms with E-state index in [0.717, 1.165) is 6.07 Å². The van der Waals surface area contributed by atoms with E-state index in [1.165, 1.54) is 24.3 Å². The predicted octanol–water partition coefficient (Wildman–Crippen LogP) is 2.76. The molecule has 3 nitrogen and oxygen atoms in total. The van der Waals surface area contributed by atoms with Gasteiger partial charge in [0.1, 0.15) is 17.4 Å². The summed E-state index contributed by atoms with van der Waals surface area (Å²) in [6, 6.07) is 8.20. The Bertz CT molecular complexity index is 716. The highest BCUT2D eigenvalue weighted by atomic mass is 35.5. The largest absolute Gasteiger partial charge is 0.554 e. The van der Waals surface area contributed by atoms with Gasteiger partial charge in [-0.2, -0.15) is 0 Å². The molecule has 0 aliphatic carbocycles. The highest BCUT2D eigenvalue weighted by molar-refractivity contribution is 6.71. The summed E-state index contributed by atoms with van der Waals surface area (Å²) in [6.45, 7) is 0.925. The highest BCUT2D eigenvalue weighted by Gasteiger charge is 2.39. The van der Waals surface area contributed by atoms with Gasteiger partial charge in [-0.3, -0.25) is 0 Å². The Balaban J connectivity index is 2.41. The minimum absolute atomic E-state index is 0.0171. The molecule has 0 saturated carbocycles. The lowest BCUT2D eigenvalue weighted by atomic mass is 9.47. The Hall–Kier alpha value is -1.34. The van der Waals surface area contributed by atoms with Crippen molar-refractivity contribution in [1.82, 2.24) is 0 Å². The van der Waals surface area contributed by atoms with Gasteiger partial charge in [-0.05, 0) is 36.7 Å². The molecular formula is C15H15BCl2F2N2O. The Kier molecular flexibility index (Phi) is 5.52. The zero-order valence-corrected chi connectivity index (χ0v) is 13.8. The predicted molar refractivity (Wildman–Crippen MR) is 90.5 cm³/mol. The fourth-order valence-corrected chi connectivity index (χ4v) is 2.29. The van der Waals surface area contributed by atoms with Gasteiger partial charge in [-0.15, -0.1) is 0 Å². The molecule has 2 aromatic carbocycles. The van der Waals surface area contributed by atoms with E-state index in [2.05, 4.69) is 0 Å². The molecule has 0 aromatic heterocycles. The van der Waals surface area contributed by atoms with Crippen molar-refractivity contribution in [2.24, 2.45) is 11.5 Å². The average Bonchev–Trinajstić information content (AvgIpc) is 2.51. The van der Waals surface area contributed by atoms with Gasteiger partial charge in [0, 0.05) is 18.0 Å². The van der Waals surface area contributed by atoms with Crippen LogP contribution < -0.4 is 21.6 Å². The van der Waals surface area contributed by atoms with Crippen molar-refractivity contribution in [3.05, 3.63) is 58.1 Å². The van der Waals surface area contributed by atoms with E-state index in [1.807, 2.05) is 0 Å². The van der Waals surface area contributed by atoms with Crippen LogP contribution in [0, 0.1) is 11.6 Å². The SMILES string of the molecule is CC(N)(CN)B(Oc1ccc(Cl)c(F)c1)c1ccc(Cl)c(F)c1. The van der Waals surface area contributed by atoms with E-state index in [-0.39, 0.29) is 22.3 Å². The number of nitrogens with two attached hydrogens (primary N) is 2. The van der Waals surface area contributed by atoms with Crippen molar-refractivity contribution in [2.45, 2.75) is 12.4 Å². The molecule has 1 unspecified atom stereocenters. The Morgan fingerprint density at radius 2 is 1.65 bits per heavy atom. The number of rotatable bonds is 5. The van der Waals surface area contributed by atoms with E-state index in [0.29, 0.717) is 5.46 Å². The lowest BCUT2D eigenvalue weighted by Gasteiger charge is -2.30. The van der Waals surface area contributed by atoms with Gasteiger partial charge in [-0.1, -0.05) is 29.3 Å². The van der Waals surface area contributed by atoms with Crippen LogP contribution in [0.15, 0.2) is 36.4 Å². The van der Waals surface area contributed by atoms with E-state index in [1.54, 1.807) is 13.0 Å². The summed E-state index contributed by atoms with van der Waals surface area (Å²) >= 11 is 11.3. The molecule has 0 heterocycles. The standard InChI is InChI=1S/C15H15BCl2F2N2O/c1-15(22,8-21)16(9-2-4-11(17)13(19)6-9)23-10-3-5-12(18)14(20)7-10/h2-7H,8,21-22H2,1H3.